The highest BCUT2D eigenvalue weighted by Gasteiger charge is 2.57. The van der Waals surface area contributed by atoms with Gasteiger partial charge in [0.15, 0.2) is 0 Å². The third-order valence-electron chi connectivity index (χ3n) is 7.31. The number of carbonyl (C=O) groups excluding carboxylic acids is 1. The van der Waals surface area contributed by atoms with E-state index in [0.717, 1.165) is 25.7 Å². The number of hydrogen-bond acceptors (Lipinski definition) is 5. The van der Waals surface area contributed by atoms with Crippen LogP contribution in [0.15, 0.2) is 23.5 Å². The fraction of sp³-hybridized carbons (Fsp3) is 0.750. The number of cyclic esters (lactones) is 1. The minimum Gasteiger partial charge on any atom is -0.508 e. The molecule has 2 fully saturated rings. The maximum atomic E-state index is 11.8. The molecular weight excluding hydrogens is 336 g/mol. The number of hydrogen-bond donors (Lipinski definition) is 3. The summed E-state index contributed by atoms with van der Waals surface area (Å²) in [4.78, 5) is 11.8. The van der Waals surface area contributed by atoms with Crippen LogP contribution in [0.5, 0.6) is 0 Å². The minimum atomic E-state index is -0.500. The Kier molecular flexibility index (Phi) is 5.90. The van der Waals surface area contributed by atoms with Crippen molar-refractivity contribution in [3.05, 3.63) is 23.5 Å². The van der Waals surface area contributed by atoms with E-state index in [1.54, 1.807) is 0 Å². The molecule has 3 aliphatic rings. The summed E-state index contributed by atoms with van der Waals surface area (Å²) in [5, 5.41) is 30.4. The van der Waals surface area contributed by atoms with E-state index in [0.29, 0.717) is 18.4 Å². The zero-order chi connectivity index (χ0) is 18.4. The first-order valence-electron chi connectivity index (χ1n) is 9.28. The molecule has 2 saturated carbocycles. The number of allylic oxidation sites excluding steroid dienone is 1. The predicted octanol–water partition coefficient (Wildman–Crippen LogP) is 2.05. The van der Waals surface area contributed by atoms with Gasteiger partial charge in [-0.1, -0.05) is 26.0 Å². The summed E-state index contributed by atoms with van der Waals surface area (Å²) in [6.45, 7) is 8.48. The summed E-state index contributed by atoms with van der Waals surface area (Å²) in [6.07, 6.45) is 4.09. The molecule has 0 radical (unpaired) electrons. The predicted molar refractivity (Wildman–Crippen MR) is 97.4 cm³/mol. The van der Waals surface area contributed by atoms with E-state index >= 15 is 0 Å². The SMILES string of the molecule is C=C1CC[C@@H]2[C@](C)(CO)[C@H](O)CC[C@@]2(C)[C@@H]1CCC1=C(O)COC1=O.O. The van der Waals surface area contributed by atoms with Gasteiger partial charge in [0.2, 0.25) is 0 Å². The Morgan fingerprint density at radius 1 is 1.31 bits per heavy atom. The van der Waals surface area contributed by atoms with Gasteiger partial charge >= 0.3 is 5.97 Å². The molecule has 1 heterocycles. The van der Waals surface area contributed by atoms with Crippen molar-refractivity contribution in [2.45, 2.75) is 58.5 Å². The molecule has 6 nitrogen and oxygen atoms in total. The van der Waals surface area contributed by atoms with Gasteiger partial charge in [0.05, 0.1) is 18.3 Å². The van der Waals surface area contributed by atoms with Crippen LogP contribution in [0.1, 0.15) is 52.4 Å². The second kappa shape index (κ2) is 7.33. The zero-order valence-corrected chi connectivity index (χ0v) is 15.8. The molecule has 3 rings (SSSR count). The van der Waals surface area contributed by atoms with E-state index in [-0.39, 0.29) is 41.7 Å². The Morgan fingerprint density at radius 3 is 2.58 bits per heavy atom. The van der Waals surface area contributed by atoms with E-state index in [1.165, 1.54) is 5.57 Å². The summed E-state index contributed by atoms with van der Waals surface area (Å²) in [5.74, 6) is 0.0490. The molecule has 148 valence electrons. The number of ether oxygens (including phenoxy) is 1. The van der Waals surface area contributed by atoms with Crippen LogP contribution in [0.3, 0.4) is 0 Å². The zero-order valence-electron chi connectivity index (χ0n) is 15.8. The molecule has 6 heteroatoms. The number of rotatable bonds is 4. The van der Waals surface area contributed by atoms with Crippen molar-refractivity contribution >= 4 is 5.97 Å². The Hall–Kier alpha value is -1.37. The molecule has 0 spiro atoms. The van der Waals surface area contributed by atoms with Gasteiger partial charge < -0.3 is 25.5 Å². The third-order valence-corrected chi connectivity index (χ3v) is 7.31. The summed E-state index contributed by atoms with van der Waals surface area (Å²) in [7, 11) is 0. The molecule has 5 atom stereocenters. The topological polar surface area (TPSA) is 118 Å². The Balaban J connectivity index is 0.00000243. The first-order valence-corrected chi connectivity index (χ1v) is 9.28. The van der Waals surface area contributed by atoms with Gasteiger partial charge in [-0.3, -0.25) is 0 Å². The molecule has 0 unspecified atom stereocenters. The van der Waals surface area contributed by atoms with E-state index < -0.39 is 17.5 Å². The molecule has 0 saturated heterocycles. The van der Waals surface area contributed by atoms with Crippen LogP contribution >= 0.6 is 0 Å². The molecule has 0 aromatic carbocycles. The smallest absolute Gasteiger partial charge is 0.337 e. The van der Waals surface area contributed by atoms with Crippen LogP contribution in [-0.2, 0) is 9.53 Å². The van der Waals surface area contributed by atoms with Gasteiger partial charge in [0, 0.05) is 5.41 Å². The summed E-state index contributed by atoms with van der Waals surface area (Å²) in [6, 6.07) is 0. The van der Waals surface area contributed by atoms with E-state index in [4.69, 9.17) is 4.74 Å². The van der Waals surface area contributed by atoms with Gasteiger partial charge in [-0.05, 0) is 55.8 Å². The van der Waals surface area contributed by atoms with Crippen molar-refractivity contribution in [1.29, 1.82) is 0 Å². The van der Waals surface area contributed by atoms with Crippen LogP contribution in [0.25, 0.3) is 0 Å². The molecule has 2 aliphatic carbocycles. The fourth-order valence-corrected chi connectivity index (χ4v) is 5.69. The molecule has 0 bridgehead atoms. The van der Waals surface area contributed by atoms with Gasteiger partial charge in [-0.2, -0.15) is 0 Å². The van der Waals surface area contributed by atoms with Gasteiger partial charge in [0.1, 0.15) is 12.4 Å². The number of aliphatic hydroxyl groups excluding tert-OH is 3. The highest BCUT2D eigenvalue weighted by Crippen LogP contribution is 2.61. The molecule has 0 aromatic rings. The lowest BCUT2D eigenvalue weighted by Crippen LogP contribution is -2.57. The monoisotopic (exact) mass is 368 g/mol. The van der Waals surface area contributed by atoms with E-state index in [9.17, 15) is 20.1 Å². The van der Waals surface area contributed by atoms with Crippen molar-refractivity contribution in [2.75, 3.05) is 13.2 Å². The molecular formula is C20H32O6. The van der Waals surface area contributed by atoms with Gasteiger partial charge in [-0.25, -0.2) is 4.79 Å². The van der Waals surface area contributed by atoms with Gasteiger partial charge in [-0.15, -0.1) is 0 Å². The Morgan fingerprint density at radius 2 is 2.00 bits per heavy atom. The standard InChI is InChI=1S/C20H30O5.H2O/c1-12-4-7-16-19(2,9-8-17(23)20(16,3)11-21)14(12)6-5-13-15(22)10-25-18(13)24;/h14,16-17,21-23H,1,4-11H2,2-3H3;1H2/t14-,16+,17-,19+,20+;/m1./s1. The van der Waals surface area contributed by atoms with Crippen molar-refractivity contribution in [3.8, 4) is 0 Å². The first kappa shape index (κ1) is 20.9. The maximum absolute atomic E-state index is 11.8. The van der Waals surface area contributed by atoms with Crippen molar-refractivity contribution in [3.63, 3.8) is 0 Å². The molecule has 26 heavy (non-hydrogen) atoms. The van der Waals surface area contributed by atoms with Crippen LogP contribution in [0.4, 0.5) is 0 Å². The minimum absolute atomic E-state index is 0. The molecule has 0 aromatic heterocycles. The maximum Gasteiger partial charge on any atom is 0.337 e. The van der Waals surface area contributed by atoms with Crippen LogP contribution < -0.4 is 0 Å². The highest BCUT2D eigenvalue weighted by atomic mass is 16.5. The number of aliphatic hydroxyl groups is 3. The van der Waals surface area contributed by atoms with Gasteiger partial charge in [0.25, 0.3) is 0 Å². The van der Waals surface area contributed by atoms with Crippen LogP contribution in [0.2, 0.25) is 0 Å². The van der Waals surface area contributed by atoms with Crippen molar-refractivity contribution in [2.24, 2.45) is 22.7 Å². The molecule has 0 amide bonds. The van der Waals surface area contributed by atoms with E-state index in [2.05, 4.69) is 13.5 Å². The number of esters is 1. The van der Waals surface area contributed by atoms with Crippen molar-refractivity contribution < 1.29 is 30.3 Å². The summed E-state index contributed by atoms with van der Waals surface area (Å²) < 4.78 is 4.89. The van der Waals surface area contributed by atoms with Crippen LogP contribution in [0, 0.1) is 22.7 Å². The van der Waals surface area contributed by atoms with Crippen LogP contribution in [-0.4, -0.2) is 46.1 Å². The molecule has 5 N–H and O–H groups in total. The Bertz CT molecular complexity index is 611. The number of carbonyl (C=O) groups is 1. The molecule has 1 aliphatic heterocycles. The second-order valence-corrected chi connectivity index (χ2v) is 8.57. The summed E-state index contributed by atoms with van der Waals surface area (Å²) >= 11 is 0. The average molecular weight is 368 g/mol. The lowest BCUT2D eigenvalue weighted by Gasteiger charge is -2.60. The quantitative estimate of drug-likeness (QED) is 0.518. The van der Waals surface area contributed by atoms with Crippen molar-refractivity contribution in [1.82, 2.24) is 0 Å². The number of fused-ring (bicyclic) bond motifs is 1. The first-order chi connectivity index (χ1) is 11.7. The Labute approximate surface area is 154 Å². The normalized spacial score (nSPS) is 40.1. The second-order valence-electron chi connectivity index (χ2n) is 8.57. The summed E-state index contributed by atoms with van der Waals surface area (Å²) in [5.41, 5.74) is 1.01. The van der Waals surface area contributed by atoms with E-state index in [1.807, 2.05) is 6.92 Å². The fourth-order valence-electron chi connectivity index (χ4n) is 5.69. The lowest BCUT2D eigenvalue weighted by atomic mass is 9.46. The largest absolute Gasteiger partial charge is 0.508 e. The third kappa shape index (κ3) is 3.08. The average Bonchev–Trinajstić information content (AvgIpc) is 2.89. The highest BCUT2D eigenvalue weighted by molar-refractivity contribution is 5.91. The lowest BCUT2D eigenvalue weighted by molar-refractivity contribution is -0.152.